The number of nitrogens with one attached hydrogen (secondary N) is 3. The van der Waals surface area contributed by atoms with Crippen molar-refractivity contribution in [1.82, 2.24) is 25.7 Å². The zero-order valence-electron chi connectivity index (χ0n) is 13.3. The van der Waals surface area contributed by atoms with Gasteiger partial charge in [0.1, 0.15) is 5.75 Å². The lowest BCUT2D eigenvalue weighted by molar-refractivity contribution is -0.124. The molecule has 3 heterocycles. The van der Waals surface area contributed by atoms with Crippen LogP contribution < -0.4 is 15.4 Å². The predicted octanol–water partition coefficient (Wildman–Crippen LogP) is 0.109. The first-order valence-corrected chi connectivity index (χ1v) is 7.62. The van der Waals surface area contributed by atoms with Gasteiger partial charge in [-0.1, -0.05) is 6.07 Å². The zero-order valence-corrected chi connectivity index (χ0v) is 13.3. The number of methoxy groups -OCH3 is 1. The number of aromatic amines is 1. The molecule has 2 aliphatic heterocycles. The molecule has 2 aromatic rings. The SMILES string of the molecule is COc1ccc2c(c1)C(=O)N(CC1(c3cn[nH]c3)NC(=O)NC1=O)C2. The summed E-state index contributed by atoms with van der Waals surface area (Å²) in [5, 5.41) is 11.4. The number of benzene rings is 1. The van der Waals surface area contributed by atoms with Crippen molar-refractivity contribution < 1.29 is 19.1 Å². The molecule has 0 aliphatic carbocycles. The standard InChI is InChI=1S/C16H15N5O4/c1-25-11-3-2-9-7-21(13(22)12(9)4-11)8-16(10-5-17-18-6-10)14(23)19-15(24)20-16/h2-6H,7-8H2,1H3,(H,17,18)(H2,19,20,23,24). The van der Waals surface area contributed by atoms with Gasteiger partial charge in [-0.3, -0.25) is 20.0 Å². The minimum Gasteiger partial charge on any atom is -0.497 e. The van der Waals surface area contributed by atoms with Crippen LogP contribution in [0.25, 0.3) is 0 Å². The number of rotatable bonds is 4. The maximum absolute atomic E-state index is 12.8. The molecular formula is C16H15N5O4. The average molecular weight is 341 g/mol. The molecule has 2 aliphatic rings. The highest BCUT2D eigenvalue weighted by molar-refractivity contribution is 6.08. The first-order chi connectivity index (χ1) is 12.0. The van der Waals surface area contributed by atoms with E-state index in [4.69, 9.17) is 4.74 Å². The molecule has 1 saturated heterocycles. The Bertz CT molecular complexity index is 879. The molecule has 3 N–H and O–H groups in total. The van der Waals surface area contributed by atoms with Gasteiger partial charge in [-0.2, -0.15) is 5.10 Å². The van der Waals surface area contributed by atoms with Gasteiger partial charge in [0.2, 0.25) is 0 Å². The van der Waals surface area contributed by atoms with Crippen LogP contribution in [0.3, 0.4) is 0 Å². The summed E-state index contributed by atoms with van der Waals surface area (Å²) in [5.41, 5.74) is 0.493. The van der Waals surface area contributed by atoms with E-state index in [1.807, 2.05) is 6.07 Å². The van der Waals surface area contributed by atoms with Gasteiger partial charge in [-0.05, 0) is 17.7 Å². The van der Waals surface area contributed by atoms with Gasteiger partial charge in [0, 0.05) is 23.9 Å². The number of hydrogen-bond acceptors (Lipinski definition) is 5. The van der Waals surface area contributed by atoms with Gasteiger partial charge in [-0.15, -0.1) is 0 Å². The first kappa shape index (κ1) is 15.2. The Balaban J connectivity index is 1.68. The van der Waals surface area contributed by atoms with E-state index in [1.165, 1.54) is 24.4 Å². The summed E-state index contributed by atoms with van der Waals surface area (Å²) < 4.78 is 5.16. The monoisotopic (exact) mass is 341 g/mol. The maximum Gasteiger partial charge on any atom is 0.322 e. The number of hydrogen-bond donors (Lipinski definition) is 3. The van der Waals surface area contributed by atoms with E-state index >= 15 is 0 Å². The highest BCUT2D eigenvalue weighted by Crippen LogP contribution is 2.31. The molecule has 4 rings (SSSR count). The minimum atomic E-state index is -1.37. The summed E-state index contributed by atoms with van der Waals surface area (Å²) in [6.45, 7) is 0.348. The number of carbonyl (C=O) groups excluding carboxylic acids is 3. The number of amides is 4. The highest BCUT2D eigenvalue weighted by atomic mass is 16.5. The lowest BCUT2D eigenvalue weighted by Gasteiger charge is -2.29. The summed E-state index contributed by atoms with van der Waals surface area (Å²) in [6, 6.07) is 4.68. The summed E-state index contributed by atoms with van der Waals surface area (Å²) in [7, 11) is 1.53. The lowest BCUT2D eigenvalue weighted by atomic mass is 9.92. The normalized spacial score (nSPS) is 22.0. The Labute approximate surface area is 142 Å². The van der Waals surface area contributed by atoms with E-state index in [-0.39, 0.29) is 12.5 Å². The lowest BCUT2D eigenvalue weighted by Crippen LogP contribution is -2.52. The van der Waals surface area contributed by atoms with E-state index in [9.17, 15) is 14.4 Å². The Morgan fingerprint density at radius 2 is 2.16 bits per heavy atom. The van der Waals surface area contributed by atoms with Crippen LogP contribution in [-0.2, 0) is 16.9 Å². The van der Waals surface area contributed by atoms with Crippen molar-refractivity contribution in [3.05, 3.63) is 47.3 Å². The number of fused-ring (bicyclic) bond motifs is 1. The summed E-state index contributed by atoms with van der Waals surface area (Å²) in [6.07, 6.45) is 2.99. The number of urea groups is 1. The molecule has 1 aromatic heterocycles. The topological polar surface area (TPSA) is 116 Å². The fraction of sp³-hybridized carbons (Fsp3) is 0.250. The van der Waals surface area contributed by atoms with E-state index in [2.05, 4.69) is 20.8 Å². The molecule has 1 unspecified atom stereocenters. The fourth-order valence-electron chi connectivity index (χ4n) is 3.26. The Morgan fingerprint density at radius 1 is 1.32 bits per heavy atom. The molecule has 0 spiro atoms. The molecule has 9 nitrogen and oxygen atoms in total. The third-order valence-corrected chi connectivity index (χ3v) is 4.56. The number of nitrogens with zero attached hydrogens (tertiary/aromatic N) is 2. The molecule has 9 heteroatoms. The molecule has 128 valence electrons. The summed E-state index contributed by atoms with van der Waals surface area (Å²) >= 11 is 0. The van der Waals surface area contributed by atoms with E-state index < -0.39 is 17.5 Å². The van der Waals surface area contributed by atoms with Crippen LogP contribution in [0.4, 0.5) is 4.79 Å². The summed E-state index contributed by atoms with van der Waals surface area (Å²) in [5.74, 6) is -0.142. The second kappa shape index (κ2) is 5.33. The number of H-pyrrole nitrogens is 1. The van der Waals surface area contributed by atoms with Crippen molar-refractivity contribution in [1.29, 1.82) is 0 Å². The minimum absolute atomic E-state index is 0.0000640. The first-order valence-electron chi connectivity index (χ1n) is 7.62. The van der Waals surface area contributed by atoms with Crippen LogP contribution in [0.1, 0.15) is 21.5 Å². The average Bonchev–Trinajstić information content (AvgIpc) is 3.29. The van der Waals surface area contributed by atoms with Gasteiger partial charge in [0.25, 0.3) is 11.8 Å². The molecule has 0 bridgehead atoms. The van der Waals surface area contributed by atoms with Gasteiger partial charge in [-0.25, -0.2) is 4.79 Å². The van der Waals surface area contributed by atoms with Crippen molar-refractivity contribution in [2.75, 3.05) is 13.7 Å². The van der Waals surface area contributed by atoms with Crippen molar-refractivity contribution in [2.45, 2.75) is 12.1 Å². The largest absolute Gasteiger partial charge is 0.497 e. The van der Waals surface area contributed by atoms with Crippen molar-refractivity contribution in [3.63, 3.8) is 0 Å². The van der Waals surface area contributed by atoms with Gasteiger partial charge >= 0.3 is 6.03 Å². The van der Waals surface area contributed by atoms with Gasteiger partial charge in [0.15, 0.2) is 5.54 Å². The van der Waals surface area contributed by atoms with Crippen LogP contribution in [0, 0.1) is 0 Å². The third-order valence-electron chi connectivity index (χ3n) is 4.56. The predicted molar refractivity (Wildman–Crippen MR) is 84.7 cm³/mol. The molecule has 25 heavy (non-hydrogen) atoms. The molecular weight excluding hydrogens is 326 g/mol. The van der Waals surface area contributed by atoms with Crippen molar-refractivity contribution in [3.8, 4) is 5.75 Å². The summed E-state index contributed by atoms with van der Waals surface area (Å²) in [4.78, 5) is 38.5. The number of aromatic nitrogens is 2. The van der Waals surface area contributed by atoms with Crippen LogP contribution in [0.5, 0.6) is 5.75 Å². The molecule has 0 radical (unpaired) electrons. The Hall–Kier alpha value is -3.36. The van der Waals surface area contributed by atoms with Gasteiger partial charge < -0.3 is 15.0 Å². The number of carbonyl (C=O) groups is 3. The molecule has 1 atom stereocenters. The maximum atomic E-state index is 12.8. The van der Waals surface area contributed by atoms with Gasteiger partial charge in [0.05, 0.1) is 19.9 Å². The number of imide groups is 1. The molecule has 1 fully saturated rings. The van der Waals surface area contributed by atoms with E-state index in [0.29, 0.717) is 23.4 Å². The smallest absolute Gasteiger partial charge is 0.322 e. The zero-order chi connectivity index (χ0) is 17.6. The Morgan fingerprint density at radius 3 is 2.80 bits per heavy atom. The van der Waals surface area contributed by atoms with Crippen LogP contribution in [-0.4, -0.2) is 46.6 Å². The quantitative estimate of drug-likeness (QED) is 0.683. The number of ether oxygens (including phenoxy) is 1. The molecule has 0 saturated carbocycles. The van der Waals surface area contributed by atoms with Crippen molar-refractivity contribution in [2.24, 2.45) is 0 Å². The third kappa shape index (κ3) is 2.24. The second-order valence-electron chi connectivity index (χ2n) is 5.98. The van der Waals surface area contributed by atoms with Crippen LogP contribution >= 0.6 is 0 Å². The highest BCUT2D eigenvalue weighted by Gasteiger charge is 2.51. The Kier molecular flexibility index (Phi) is 3.24. The van der Waals surface area contributed by atoms with E-state index in [0.717, 1.165) is 5.56 Å². The van der Waals surface area contributed by atoms with Crippen molar-refractivity contribution >= 4 is 17.8 Å². The molecule has 4 amide bonds. The molecule has 1 aromatic carbocycles. The van der Waals surface area contributed by atoms with E-state index in [1.54, 1.807) is 12.1 Å². The second-order valence-corrected chi connectivity index (χ2v) is 5.98. The fourth-order valence-corrected chi connectivity index (χ4v) is 3.26. The van der Waals surface area contributed by atoms with Crippen LogP contribution in [0.15, 0.2) is 30.6 Å². The van der Waals surface area contributed by atoms with Crippen LogP contribution in [0.2, 0.25) is 0 Å².